The first kappa shape index (κ1) is 14.0. The van der Waals surface area contributed by atoms with Crippen LogP contribution in [-0.2, 0) is 6.54 Å². The predicted octanol–water partition coefficient (Wildman–Crippen LogP) is 3.19. The lowest BCUT2D eigenvalue weighted by Gasteiger charge is -2.29. The van der Waals surface area contributed by atoms with Gasteiger partial charge in [-0.1, -0.05) is 28.1 Å². The maximum atomic E-state index is 3.60. The molecule has 0 radical (unpaired) electrons. The van der Waals surface area contributed by atoms with Crippen LogP contribution in [0.2, 0.25) is 0 Å². The van der Waals surface area contributed by atoms with Gasteiger partial charge in [-0.2, -0.15) is 0 Å². The van der Waals surface area contributed by atoms with E-state index in [1.807, 2.05) is 0 Å². The molecular weight excluding hydrogens is 288 g/mol. The first-order valence-electron chi connectivity index (χ1n) is 6.79. The molecule has 2 rings (SSSR count). The zero-order chi connectivity index (χ0) is 13.0. The van der Waals surface area contributed by atoms with E-state index in [9.17, 15) is 0 Å². The molecule has 0 bridgehead atoms. The highest BCUT2D eigenvalue weighted by molar-refractivity contribution is 9.10. The third-order valence-corrected chi connectivity index (χ3v) is 4.71. The number of hydrogen-bond acceptors (Lipinski definition) is 2. The number of benzene rings is 1. The fourth-order valence-electron chi connectivity index (χ4n) is 2.50. The summed E-state index contributed by atoms with van der Waals surface area (Å²) in [6.07, 6.45) is 2.67. The Labute approximate surface area is 119 Å². The van der Waals surface area contributed by atoms with E-state index < -0.39 is 0 Å². The Morgan fingerprint density at radius 3 is 2.72 bits per heavy atom. The number of piperidine rings is 1. The molecule has 2 nitrogen and oxygen atoms in total. The number of rotatable bonds is 4. The third kappa shape index (κ3) is 4.08. The average Bonchev–Trinajstić information content (AvgIpc) is 2.36. The highest BCUT2D eigenvalue weighted by Gasteiger charge is 2.15. The normalized spacial score (nSPS) is 18.2. The average molecular weight is 311 g/mol. The van der Waals surface area contributed by atoms with Gasteiger partial charge < -0.3 is 10.2 Å². The summed E-state index contributed by atoms with van der Waals surface area (Å²) < 4.78 is 1.20. The molecule has 1 aliphatic rings. The molecule has 1 aromatic rings. The molecule has 0 aromatic heterocycles. The lowest BCUT2D eigenvalue weighted by atomic mass is 9.97. The number of likely N-dealkylation sites (tertiary alicyclic amines) is 1. The van der Waals surface area contributed by atoms with Gasteiger partial charge in [-0.05, 0) is 69.6 Å². The van der Waals surface area contributed by atoms with Gasteiger partial charge in [0, 0.05) is 11.0 Å². The topological polar surface area (TPSA) is 15.3 Å². The van der Waals surface area contributed by atoms with E-state index in [-0.39, 0.29) is 0 Å². The summed E-state index contributed by atoms with van der Waals surface area (Å²) in [4.78, 5) is 2.43. The molecule has 1 heterocycles. The van der Waals surface area contributed by atoms with Crippen LogP contribution in [-0.4, -0.2) is 31.6 Å². The number of halogens is 1. The van der Waals surface area contributed by atoms with Crippen LogP contribution < -0.4 is 5.32 Å². The van der Waals surface area contributed by atoms with Crippen LogP contribution in [0.25, 0.3) is 0 Å². The summed E-state index contributed by atoms with van der Waals surface area (Å²) in [7, 11) is 2.22. The summed E-state index contributed by atoms with van der Waals surface area (Å²) in [5.41, 5.74) is 2.69. The van der Waals surface area contributed by atoms with E-state index in [4.69, 9.17) is 0 Å². The van der Waals surface area contributed by atoms with Gasteiger partial charge >= 0.3 is 0 Å². The third-order valence-electron chi connectivity index (χ3n) is 3.82. The zero-order valence-electron chi connectivity index (χ0n) is 11.4. The molecule has 0 atom stereocenters. The van der Waals surface area contributed by atoms with Gasteiger partial charge in [-0.25, -0.2) is 0 Å². The molecule has 1 aliphatic heterocycles. The van der Waals surface area contributed by atoms with E-state index >= 15 is 0 Å². The smallest absolute Gasteiger partial charge is 0.0205 e. The van der Waals surface area contributed by atoms with E-state index in [0.29, 0.717) is 0 Å². The second-order valence-electron chi connectivity index (χ2n) is 5.46. The van der Waals surface area contributed by atoms with Gasteiger partial charge in [0.15, 0.2) is 0 Å². The SMILES string of the molecule is Cc1cc(CNCC2CCN(C)CC2)ccc1Br. The van der Waals surface area contributed by atoms with Crippen molar-refractivity contribution >= 4 is 15.9 Å². The number of aryl methyl sites for hydroxylation is 1. The van der Waals surface area contributed by atoms with Crippen molar-refractivity contribution in [2.24, 2.45) is 5.92 Å². The zero-order valence-corrected chi connectivity index (χ0v) is 13.0. The second-order valence-corrected chi connectivity index (χ2v) is 6.32. The molecule has 0 aliphatic carbocycles. The largest absolute Gasteiger partial charge is 0.312 e. The fraction of sp³-hybridized carbons (Fsp3) is 0.600. The molecule has 18 heavy (non-hydrogen) atoms. The van der Waals surface area contributed by atoms with Gasteiger partial charge in [0.05, 0.1) is 0 Å². The molecule has 100 valence electrons. The van der Waals surface area contributed by atoms with E-state index in [1.54, 1.807) is 0 Å². The highest BCUT2D eigenvalue weighted by atomic mass is 79.9. The summed E-state index contributed by atoms with van der Waals surface area (Å²) in [5, 5.41) is 3.60. The molecule has 0 saturated carbocycles. The minimum absolute atomic E-state index is 0.859. The molecule has 1 N–H and O–H groups in total. The molecule has 0 unspecified atom stereocenters. The van der Waals surface area contributed by atoms with Crippen LogP contribution in [0.3, 0.4) is 0 Å². The van der Waals surface area contributed by atoms with Gasteiger partial charge in [0.25, 0.3) is 0 Å². The Morgan fingerprint density at radius 1 is 1.33 bits per heavy atom. The molecule has 3 heteroatoms. The molecule has 0 spiro atoms. The second kappa shape index (κ2) is 6.69. The van der Waals surface area contributed by atoms with Crippen molar-refractivity contribution in [2.75, 3.05) is 26.7 Å². The summed E-state index contributed by atoms with van der Waals surface area (Å²) >= 11 is 3.54. The maximum absolute atomic E-state index is 3.60. The fourth-order valence-corrected chi connectivity index (χ4v) is 2.75. The Morgan fingerprint density at radius 2 is 2.06 bits per heavy atom. The van der Waals surface area contributed by atoms with Gasteiger partial charge in [-0.15, -0.1) is 0 Å². The highest BCUT2D eigenvalue weighted by Crippen LogP contribution is 2.18. The Hall–Kier alpha value is -0.380. The maximum Gasteiger partial charge on any atom is 0.0205 e. The minimum Gasteiger partial charge on any atom is -0.312 e. The Balaban J connectivity index is 1.73. The summed E-state index contributed by atoms with van der Waals surface area (Å²) in [6.45, 7) is 6.79. The van der Waals surface area contributed by atoms with E-state index in [0.717, 1.165) is 19.0 Å². The molecule has 1 aromatic carbocycles. The summed E-state index contributed by atoms with van der Waals surface area (Å²) in [6, 6.07) is 6.59. The van der Waals surface area contributed by atoms with Crippen molar-refractivity contribution in [1.29, 1.82) is 0 Å². The van der Waals surface area contributed by atoms with Gasteiger partial charge in [0.1, 0.15) is 0 Å². The monoisotopic (exact) mass is 310 g/mol. The van der Waals surface area contributed by atoms with Crippen molar-refractivity contribution in [2.45, 2.75) is 26.3 Å². The van der Waals surface area contributed by atoms with Crippen LogP contribution in [0, 0.1) is 12.8 Å². The van der Waals surface area contributed by atoms with Gasteiger partial charge in [0.2, 0.25) is 0 Å². The molecule has 0 amide bonds. The Kier molecular flexibility index (Phi) is 5.22. The first-order chi connectivity index (χ1) is 8.65. The standard InChI is InChI=1S/C15H23BrN2/c1-12-9-14(3-4-15(12)16)11-17-10-13-5-7-18(2)8-6-13/h3-4,9,13,17H,5-8,10-11H2,1-2H3. The minimum atomic E-state index is 0.859. The van der Waals surface area contributed by atoms with Crippen molar-refractivity contribution < 1.29 is 0 Å². The van der Waals surface area contributed by atoms with Crippen molar-refractivity contribution in [1.82, 2.24) is 10.2 Å². The van der Waals surface area contributed by atoms with Gasteiger partial charge in [-0.3, -0.25) is 0 Å². The number of hydrogen-bond donors (Lipinski definition) is 1. The molecule has 1 saturated heterocycles. The van der Waals surface area contributed by atoms with E-state index in [2.05, 4.69) is 58.3 Å². The molecular formula is C15H23BrN2. The number of nitrogens with one attached hydrogen (secondary N) is 1. The van der Waals surface area contributed by atoms with Crippen molar-refractivity contribution in [3.05, 3.63) is 33.8 Å². The van der Waals surface area contributed by atoms with Crippen LogP contribution in [0.5, 0.6) is 0 Å². The quantitative estimate of drug-likeness (QED) is 0.919. The molecule has 1 fully saturated rings. The van der Waals surface area contributed by atoms with Crippen LogP contribution >= 0.6 is 15.9 Å². The van der Waals surface area contributed by atoms with Crippen LogP contribution in [0.4, 0.5) is 0 Å². The lowest BCUT2D eigenvalue weighted by molar-refractivity contribution is 0.216. The van der Waals surface area contributed by atoms with Crippen LogP contribution in [0.1, 0.15) is 24.0 Å². The Bertz CT molecular complexity index is 384. The van der Waals surface area contributed by atoms with Crippen molar-refractivity contribution in [3.63, 3.8) is 0 Å². The predicted molar refractivity (Wildman–Crippen MR) is 80.8 cm³/mol. The lowest BCUT2D eigenvalue weighted by Crippen LogP contribution is -2.34. The van der Waals surface area contributed by atoms with Crippen LogP contribution in [0.15, 0.2) is 22.7 Å². The van der Waals surface area contributed by atoms with E-state index in [1.165, 1.54) is 41.5 Å². The van der Waals surface area contributed by atoms with Crippen molar-refractivity contribution in [3.8, 4) is 0 Å². The summed E-state index contributed by atoms with van der Waals surface area (Å²) in [5.74, 6) is 0.859. The number of nitrogens with zero attached hydrogens (tertiary/aromatic N) is 1. The first-order valence-corrected chi connectivity index (χ1v) is 7.59.